The molecule has 3 heterocycles. The zero-order valence-corrected chi connectivity index (χ0v) is 16.4. The van der Waals surface area contributed by atoms with Gasteiger partial charge in [0.15, 0.2) is 5.65 Å². The molecule has 9 heteroatoms. The zero-order chi connectivity index (χ0) is 19.1. The van der Waals surface area contributed by atoms with E-state index >= 15 is 0 Å². The number of amides is 1. The molecule has 142 valence electrons. The molecule has 1 atom stereocenters. The Morgan fingerprint density at radius 3 is 2.65 bits per heavy atom. The van der Waals surface area contributed by atoms with E-state index in [-0.39, 0.29) is 17.9 Å². The first-order chi connectivity index (χ1) is 12.2. The fourth-order valence-corrected chi connectivity index (χ4v) is 4.35. The predicted octanol–water partition coefficient (Wildman–Crippen LogP) is 1.35. The molecule has 0 saturated carbocycles. The summed E-state index contributed by atoms with van der Waals surface area (Å²) in [6, 6.07) is 3.65. The molecule has 2 aromatic heterocycles. The summed E-state index contributed by atoms with van der Waals surface area (Å²) >= 11 is 0. The van der Waals surface area contributed by atoms with Gasteiger partial charge in [0.1, 0.15) is 5.82 Å². The second-order valence-electron chi connectivity index (χ2n) is 7.00. The van der Waals surface area contributed by atoms with Crippen LogP contribution in [0, 0.1) is 0 Å². The van der Waals surface area contributed by atoms with Crippen molar-refractivity contribution in [3.8, 4) is 0 Å². The van der Waals surface area contributed by atoms with Crippen molar-refractivity contribution in [3.63, 3.8) is 0 Å². The number of carbonyl (C=O) groups excluding carboxylic acids is 1. The van der Waals surface area contributed by atoms with Crippen molar-refractivity contribution in [3.05, 3.63) is 29.7 Å². The third-order valence-corrected chi connectivity index (χ3v) is 6.16. The highest BCUT2D eigenvalue weighted by Crippen LogP contribution is 2.28. The molecule has 1 aliphatic rings. The van der Waals surface area contributed by atoms with Crippen molar-refractivity contribution < 1.29 is 13.2 Å². The third-order valence-electron chi connectivity index (χ3n) is 4.89. The van der Waals surface area contributed by atoms with Crippen LogP contribution in [0.4, 0.5) is 0 Å². The van der Waals surface area contributed by atoms with Crippen LogP contribution in [-0.4, -0.2) is 70.1 Å². The molecular formula is C17H25N5O3S. The van der Waals surface area contributed by atoms with Gasteiger partial charge in [-0.1, -0.05) is 0 Å². The molecule has 1 amide bonds. The molecule has 8 nitrogen and oxygen atoms in total. The number of carbonyl (C=O) groups is 1. The van der Waals surface area contributed by atoms with Crippen molar-refractivity contribution in [2.75, 3.05) is 25.9 Å². The number of sulfonamides is 1. The van der Waals surface area contributed by atoms with Crippen LogP contribution in [0.3, 0.4) is 0 Å². The molecule has 0 spiro atoms. The Bertz CT molecular complexity index is 922. The number of aromatic nitrogens is 3. The average molecular weight is 379 g/mol. The lowest BCUT2D eigenvalue weighted by molar-refractivity contribution is 0.0716. The van der Waals surface area contributed by atoms with Crippen LogP contribution < -0.4 is 0 Å². The van der Waals surface area contributed by atoms with Gasteiger partial charge >= 0.3 is 0 Å². The number of nitrogens with zero attached hydrogens (tertiary/aromatic N) is 5. The lowest BCUT2D eigenvalue weighted by Crippen LogP contribution is -2.36. The van der Waals surface area contributed by atoms with Crippen molar-refractivity contribution in [1.29, 1.82) is 0 Å². The molecule has 1 aliphatic heterocycles. The summed E-state index contributed by atoms with van der Waals surface area (Å²) in [6.07, 6.45) is 3.68. The molecule has 0 bridgehead atoms. The summed E-state index contributed by atoms with van der Waals surface area (Å²) in [6.45, 7) is 7.44. The summed E-state index contributed by atoms with van der Waals surface area (Å²) in [4.78, 5) is 14.6. The van der Waals surface area contributed by atoms with Gasteiger partial charge in [-0.05, 0) is 39.3 Å². The standard InChI is InChI=1S/C17H25N5O3S/c1-5-21(12(2)3)17(23)14-6-7-15-18-19-16(22(15)11-14)13-8-9-20(10-13)26(4,24)25/h6-7,11-13H,5,8-10H2,1-4H3. The first kappa shape index (κ1) is 18.8. The van der Waals surface area contributed by atoms with E-state index in [0.717, 1.165) is 0 Å². The SMILES string of the molecule is CCN(C(=O)c1ccc2nnc(C3CCN(S(C)(=O)=O)C3)n2c1)C(C)C. The minimum atomic E-state index is -3.21. The highest BCUT2D eigenvalue weighted by molar-refractivity contribution is 7.88. The Hall–Kier alpha value is -2.00. The van der Waals surface area contributed by atoms with Crippen LogP contribution in [0.1, 0.15) is 49.3 Å². The maximum Gasteiger partial charge on any atom is 0.255 e. The molecule has 26 heavy (non-hydrogen) atoms. The minimum Gasteiger partial charge on any atom is -0.336 e. The summed E-state index contributed by atoms with van der Waals surface area (Å²) in [5, 5.41) is 8.43. The average Bonchev–Trinajstić information content (AvgIpc) is 3.20. The van der Waals surface area contributed by atoms with Gasteiger partial charge in [0.2, 0.25) is 10.0 Å². The summed E-state index contributed by atoms with van der Waals surface area (Å²) in [5.74, 6) is 0.638. The molecule has 0 aliphatic carbocycles. The Morgan fingerprint density at radius 1 is 1.35 bits per heavy atom. The molecule has 0 radical (unpaired) electrons. The van der Waals surface area contributed by atoms with Crippen LogP contribution in [0.5, 0.6) is 0 Å². The quantitative estimate of drug-likeness (QED) is 0.782. The van der Waals surface area contributed by atoms with Crippen LogP contribution in [0.25, 0.3) is 5.65 Å². The molecule has 1 saturated heterocycles. The second-order valence-corrected chi connectivity index (χ2v) is 8.98. The lowest BCUT2D eigenvalue weighted by atomic mass is 10.1. The van der Waals surface area contributed by atoms with E-state index in [1.165, 1.54) is 10.6 Å². The van der Waals surface area contributed by atoms with Crippen LogP contribution in [0.2, 0.25) is 0 Å². The summed E-state index contributed by atoms with van der Waals surface area (Å²) in [7, 11) is -3.21. The van der Waals surface area contributed by atoms with Crippen LogP contribution in [0.15, 0.2) is 18.3 Å². The van der Waals surface area contributed by atoms with E-state index < -0.39 is 10.0 Å². The monoisotopic (exact) mass is 379 g/mol. The lowest BCUT2D eigenvalue weighted by Gasteiger charge is -2.25. The second kappa shape index (κ2) is 6.96. The predicted molar refractivity (Wildman–Crippen MR) is 98.6 cm³/mol. The Morgan fingerprint density at radius 2 is 2.08 bits per heavy atom. The molecule has 0 N–H and O–H groups in total. The molecule has 1 fully saturated rings. The maximum atomic E-state index is 12.8. The number of hydrogen-bond donors (Lipinski definition) is 0. The Kier molecular flexibility index (Phi) is 5.03. The first-order valence-electron chi connectivity index (χ1n) is 8.83. The van der Waals surface area contributed by atoms with Gasteiger partial charge in [0.05, 0.1) is 11.8 Å². The molecule has 3 rings (SSSR count). The van der Waals surface area contributed by atoms with E-state index in [9.17, 15) is 13.2 Å². The molecule has 1 unspecified atom stereocenters. The highest BCUT2D eigenvalue weighted by Gasteiger charge is 2.32. The molecule has 0 aromatic carbocycles. The van der Waals surface area contributed by atoms with Gasteiger partial charge in [-0.15, -0.1) is 10.2 Å². The fourth-order valence-electron chi connectivity index (χ4n) is 3.46. The van der Waals surface area contributed by atoms with Gasteiger partial charge in [-0.3, -0.25) is 9.20 Å². The highest BCUT2D eigenvalue weighted by atomic mass is 32.2. The van der Waals surface area contributed by atoms with Gasteiger partial charge in [0.25, 0.3) is 5.91 Å². The largest absolute Gasteiger partial charge is 0.336 e. The Balaban J connectivity index is 1.93. The van der Waals surface area contributed by atoms with Crippen molar-refractivity contribution in [2.24, 2.45) is 0 Å². The number of fused-ring (bicyclic) bond motifs is 1. The molecule has 2 aromatic rings. The van der Waals surface area contributed by atoms with Gasteiger partial charge < -0.3 is 4.90 Å². The smallest absolute Gasteiger partial charge is 0.255 e. The van der Waals surface area contributed by atoms with Gasteiger partial charge in [0, 0.05) is 37.8 Å². The van der Waals surface area contributed by atoms with Gasteiger partial charge in [-0.25, -0.2) is 12.7 Å². The van der Waals surface area contributed by atoms with Crippen molar-refractivity contribution in [1.82, 2.24) is 23.8 Å². The van der Waals surface area contributed by atoms with Crippen molar-refractivity contribution >= 4 is 21.6 Å². The van der Waals surface area contributed by atoms with Crippen molar-refractivity contribution in [2.45, 2.75) is 39.2 Å². The number of hydrogen-bond acceptors (Lipinski definition) is 5. The van der Waals surface area contributed by atoms with E-state index in [0.29, 0.717) is 43.1 Å². The maximum absolute atomic E-state index is 12.8. The normalized spacial score (nSPS) is 18.7. The first-order valence-corrected chi connectivity index (χ1v) is 10.7. The van der Waals surface area contributed by atoms with Crippen LogP contribution >= 0.6 is 0 Å². The molecular weight excluding hydrogens is 354 g/mol. The minimum absolute atomic E-state index is 0.0301. The zero-order valence-electron chi connectivity index (χ0n) is 15.6. The third kappa shape index (κ3) is 3.45. The summed E-state index contributed by atoms with van der Waals surface area (Å²) in [5.41, 5.74) is 1.23. The Labute approximate surface area is 153 Å². The van der Waals surface area contributed by atoms with E-state index in [1.54, 1.807) is 23.2 Å². The number of rotatable bonds is 5. The van der Waals surface area contributed by atoms with E-state index in [4.69, 9.17) is 0 Å². The topological polar surface area (TPSA) is 87.9 Å². The summed E-state index contributed by atoms with van der Waals surface area (Å²) < 4.78 is 26.8. The number of pyridine rings is 1. The van der Waals surface area contributed by atoms with Crippen LogP contribution in [-0.2, 0) is 10.0 Å². The van der Waals surface area contributed by atoms with E-state index in [2.05, 4.69) is 10.2 Å². The fraction of sp³-hybridized carbons (Fsp3) is 0.588. The van der Waals surface area contributed by atoms with Gasteiger partial charge in [-0.2, -0.15) is 0 Å². The van der Waals surface area contributed by atoms with E-state index in [1.807, 2.05) is 25.2 Å².